The van der Waals surface area contributed by atoms with Gasteiger partial charge in [0.25, 0.3) is 0 Å². The topological polar surface area (TPSA) is 38.0 Å². The molecule has 3 N–H and O–H groups in total. The average Bonchev–Trinajstić information content (AvgIpc) is 2.44. The molecule has 2 unspecified atom stereocenters. The third-order valence-electron chi connectivity index (χ3n) is 4.12. The molecule has 0 spiro atoms. The van der Waals surface area contributed by atoms with Gasteiger partial charge in [-0.1, -0.05) is 38.0 Å². The second-order valence-electron chi connectivity index (χ2n) is 5.77. The Balaban J connectivity index is 2.07. The minimum atomic E-state index is 0.481. The normalized spacial score (nSPS) is 22.5. The van der Waals surface area contributed by atoms with Crippen molar-refractivity contribution in [3.63, 3.8) is 0 Å². The molecule has 1 aliphatic carbocycles. The Labute approximate surface area is 131 Å². The summed E-state index contributed by atoms with van der Waals surface area (Å²) in [4.78, 5) is 1.63. The summed E-state index contributed by atoms with van der Waals surface area (Å²) in [5.41, 5.74) is 7.98. The molecule has 2 nitrogen and oxygen atoms in total. The Morgan fingerprint density at radius 3 is 2.90 bits per heavy atom. The lowest BCUT2D eigenvalue weighted by Crippen LogP contribution is -2.22. The third kappa shape index (κ3) is 3.89. The van der Waals surface area contributed by atoms with Crippen LogP contribution in [0, 0.1) is 11.8 Å². The molecule has 1 aliphatic rings. The van der Waals surface area contributed by atoms with Gasteiger partial charge < -0.3 is 11.1 Å². The van der Waals surface area contributed by atoms with Gasteiger partial charge in [0.05, 0.1) is 0 Å². The van der Waals surface area contributed by atoms with Crippen LogP contribution in [-0.2, 0) is 0 Å². The van der Waals surface area contributed by atoms with Crippen LogP contribution in [0.3, 0.4) is 0 Å². The Bertz CT molecular complexity index is 474. The number of rotatable bonds is 5. The minimum Gasteiger partial charge on any atom is -0.389 e. The average molecular weight is 309 g/mol. The lowest BCUT2D eigenvalue weighted by atomic mass is 9.82. The molecule has 0 heterocycles. The summed E-state index contributed by atoms with van der Waals surface area (Å²) in [5.74, 6) is 1.64. The van der Waals surface area contributed by atoms with E-state index in [1.807, 2.05) is 0 Å². The highest BCUT2D eigenvalue weighted by atomic mass is 32.2. The zero-order valence-electron chi connectivity index (χ0n) is 12.3. The molecule has 1 aromatic rings. The number of anilines is 1. The molecule has 0 saturated heterocycles. The van der Waals surface area contributed by atoms with Crippen molar-refractivity contribution in [3.8, 4) is 0 Å². The summed E-state index contributed by atoms with van der Waals surface area (Å²) in [5, 5.41) is 3.58. The maximum absolute atomic E-state index is 5.90. The van der Waals surface area contributed by atoms with Gasteiger partial charge in [-0.25, -0.2) is 0 Å². The fourth-order valence-electron chi connectivity index (χ4n) is 3.10. The first-order valence-corrected chi connectivity index (χ1v) is 8.95. The van der Waals surface area contributed by atoms with Gasteiger partial charge >= 0.3 is 0 Å². The third-order valence-corrected chi connectivity index (χ3v) is 5.10. The second-order valence-corrected chi connectivity index (χ2v) is 7.05. The summed E-state index contributed by atoms with van der Waals surface area (Å²) in [6, 6.07) is 6.23. The highest BCUT2D eigenvalue weighted by molar-refractivity contribution is 7.98. The highest BCUT2D eigenvalue weighted by Crippen LogP contribution is 2.31. The van der Waals surface area contributed by atoms with Crippen LogP contribution in [0.15, 0.2) is 23.1 Å². The van der Waals surface area contributed by atoms with Gasteiger partial charge in [0.2, 0.25) is 0 Å². The van der Waals surface area contributed by atoms with E-state index in [0.29, 0.717) is 4.99 Å². The molecule has 1 aromatic carbocycles. The van der Waals surface area contributed by atoms with Crippen molar-refractivity contribution in [3.05, 3.63) is 23.8 Å². The number of nitrogens with one attached hydrogen (secondary N) is 1. The van der Waals surface area contributed by atoms with Gasteiger partial charge in [0.15, 0.2) is 0 Å². The molecular weight excluding hydrogens is 284 g/mol. The van der Waals surface area contributed by atoms with Gasteiger partial charge in [-0.15, -0.1) is 11.8 Å². The van der Waals surface area contributed by atoms with Crippen molar-refractivity contribution >= 4 is 34.7 Å². The van der Waals surface area contributed by atoms with Crippen molar-refractivity contribution in [1.29, 1.82) is 0 Å². The van der Waals surface area contributed by atoms with Crippen LogP contribution in [0.4, 0.5) is 5.69 Å². The Morgan fingerprint density at radius 2 is 2.25 bits per heavy atom. The molecule has 0 aromatic heterocycles. The highest BCUT2D eigenvalue weighted by Gasteiger charge is 2.19. The number of hydrogen-bond donors (Lipinski definition) is 2. The molecule has 20 heavy (non-hydrogen) atoms. The maximum atomic E-state index is 5.90. The van der Waals surface area contributed by atoms with Crippen molar-refractivity contribution in [2.24, 2.45) is 17.6 Å². The van der Waals surface area contributed by atoms with Gasteiger partial charge in [-0.2, -0.15) is 0 Å². The van der Waals surface area contributed by atoms with Crippen molar-refractivity contribution in [1.82, 2.24) is 0 Å². The van der Waals surface area contributed by atoms with Crippen LogP contribution >= 0.6 is 24.0 Å². The summed E-state index contributed by atoms with van der Waals surface area (Å²) >= 11 is 6.91. The fraction of sp³-hybridized carbons (Fsp3) is 0.562. The van der Waals surface area contributed by atoms with E-state index in [9.17, 15) is 0 Å². The molecule has 4 heteroatoms. The van der Waals surface area contributed by atoms with E-state index >= 15 is 0 Å². The first-order chi connectivity index (χ1) is 9.61. The van der Waals surface area contributed by atoms with E-state index in [4.69, 9.17) is 18.0 Å². The molecule has 1 fully saturated rings. The maximum Gasteiger partial charge on any atom is 0.107 e. The molecule has 0 aliphatic heterocycles. The molecule has 2 atom stereocenters. The zero-order valence-corrected chi connectivity index (χ0v) is 13.9. The summed E-state index contributed by atoms with van der Waals surface area (Å²) in [6.45, 7) is 3.39. The largest absolute Gasteiger partial charge is 0.389 e. The Kier molecular flexibility index (Phi) is 5.73. The lowest BCUT2D eigenvalue weighted by molar-refractivity contribution is 0.293. The van der Waals surface area contributed by atoms with Crippen LogP contribution < -0.4 is 11.1 Å². The summed E-state index contributed by atoms with van der Waals surface area (Å²) in [7, 11) is 0. The lowest BCUT2D eigenvalue weighted by Gasteiger charge is -2.27. The zero-order chi connectivity index (χ0) is 14.5. The molecule has 0 amide bonds. The fourth-order valence-corrected chi connectivity index (χ4v) is 4.03. The van der Waals surface area contributed by atoms with E-state index in [0.717, 1.165) is 34.5 Å². The van der Waals surface area contributed by atoms with Crippen LogP contribution in [0.25, 0.3) is 0 Å². The number of hydrogen-bond acceptors (Lipinski definition) is 3. The first kappa shape index (κ1) is 15.6. The van der Waals surface area contributed by atoms with E-state index in [2.05, 4.69) is 36.7 Å². The molecule has 1 saturated carbocycles. The number of thioether (sulfide) groups is 1. The van der Waals surface area contributed by atoms with Gasteiger partial charge in [0.1, 0.15) is 4.99 Å². The van der Waals surface area contributed by atoms with Gasteiger partial charge in [-0.05, 0) is 43.1 Å². The number of benzene rings is 1. The Morgan fingerprint density at radius 1 is 1.45 bits per heavy atom. The quantitative estimate of drug-likeness (QED) is 0.629. The molecular formula is C16H24N2S2. The number of thiocarbonyl (C=S) groups is 1. The summed E-state index contributed by atoms with van der Waals surface area (Å²) in [6.07, 6.45) is 7.47. The van der Waals surface area contributed by atoms with E-state index in [1.165, 1.54) is 25.7 Å². The van der Waals surface area contributed by atoms with Gasteiger partial charge in [-0.3, -0.25) is 0 Å². The van der Waals surface area contributed by atoms with Crippen LogP contribution in [-0.4, -0.2) is 17.8 Å². The monoisotopic (exact) mass is 308 g/mol. The van der Waals surface area contributed by atoms with Crippen molar-refractivity contribution < 1.29 is 0 Å². The van der Waals surface area contributed by atoms with Crippen molar-refractivity contribution in [2.45, 2.75) is 37.5 Å². The SMILES string of the molecule is CSc1cccc(NCC2CCCC(C)C2)c1C(N)=S. The van der Waals surface area contributed by atoms with Crippen LogP contribution in [0.2, 0.25) is 0 Å². The Hall–Kier alpha value is -0.740. The smallest absolute Gasteiger partial charge is 0.107 e. The van der Waals surface area contributed by atoms with Gasteiger partial charge in [0, 0.05) is 22.7 Å². The first-order valence-electron chi connectivity index (χ1n) is 7.32. The second kappa shape index (κ2) is 7.32. The molecule has 2 rings (SSSR count). The van der Waals surface area contributed by atoms with E-state index < -0.39 is 0 Å². The predicted molar refractivity (Wildman–Crippen MR) is 93.7 cm³/mol. The van der Waals surface area contributed by atoms with E-state index in [1.54, 1.807) is 11.8 Å². The number of nitrogens with two attached hydrogens (primary N) is 1. The standard InChI is InChI=1S/C16H24N2S2/c1-11-5-3-6-12(9-11)10-18-13-7-4-8-14(20-2)15(13)16(17)19/h4,7-8,11-12,18H,3,5-6,9-10H2,1-2H3,(H2,17,19). The molecule has 0 radical (unpaired) electrons. The van der Waals surface area contributed by atoms with E-state index in [-0.39, 0.29) is 0 Å². The van der Waals surface area contributed by atoms with Crippen LogP contribution in [0.5, 0.6) is 0 Å². The summed E-state index contributed by atoms with van der Waals surface area (Å²) < 4.78 is 0. The molecule has 0 bridgehead atoms. The predicted octanol–water partition coefficient (Wildman–Crippen LogP) is 4.28. The van der Waals surface area contributed by atoms with Crippen molar-refractivity contribution in [2.75, 3.05) is 18.1 Å². The minimum absolute atomic E-state index is 0.481. The molecule has 110 valence electrons. The van der Waals surface area contributed by atoms with Crippen LogP contribution in [0.1, 0.15) is 38.2 Å².